The van der Waals surface area contributed by atoms with Gasteiger partial charge in [-0.3, -0.25) is 4.79 Å². The van der Waals surface area contributed by atoms with Crippen LogP contribution in [0.2, 0.25) is 0 Å². The Morgan fingerprint density at radius 3 is 2.25 bits per heavy atom. The maximum absolute atomic E-state index is 12.5. The molecule has 9 heteroatoms. The molecule has 0 aliphatic rings. The second kappa shape index (κ2) is 7.91. The van der Waals surface area contributed by atoms with Gasteiger partial charge in [0.25, 0.3) is 5.91 Å². The van der Waals surface area contributed by atoms with Crippen LogP contribution in [0.25, 0.3) is 5.69 Å². The molecule has 28 heavy (non-hydrogen) atoms. The summed E-state index contributed by atoms with van der Waals surface area (Å²) in [6, 6.07) is 12.8. The van der Waals surface area contributed by atoms with Gasteiger partial charge >= 0.3 is 0 Å². The minimum absolute atomic E-state index is 0.150. The maximum Gasteiger partial charge on any atom is 0.255 e. The van der Waals surface area contributed by atoms with Crippen LogP contribution in [0.1, 0.15) is 24.2 Å². The normalized spacial score (nSPS) is 11.8. The molecule has 0 unspecified atom stereocenters. The van der Waals surface area contributed by atoms with Crippen molar-refractivity contribution in [3.8, 4) is 5.69 Å². The quantitative estimate of drug-likeness (QED) is 0.687. The van der Waals surface area contributed by atoms with Crippen LogP contribution in [0, 0.1) is 0 Å². The van der Waals surface area contributed by atoms with E-state index in [4.69, 9.17) is 0 Å². The minimum atomic E-state index is -3.58. The fourth-order valence-corrected chi connectivity index (χ4v) is 3.83. The lowest BCUT2D eigenvalue weighted by Gasteiger charge is -2.21. The third-order valence-corrected chi connectivity index (χ3v) is 6.38. The Labute approximate surface area is 163 Å². The van der Waals surface area contributed by atoms with Gasteiger partial charge in [-0.1, -0.05) is 0 Å². The maximum atomic E-state index is 12.5. The van der Waals surface area contributed by atoms with E-state index in [-0.39, 0.29) is 16.8 Å². The molecule has 0 atom stereocenters. The number of rotatable bonds is 6. The van der Waals surface area contributed by atoms with Crippen molar-refractivity contribution in [1.29, 1.82) is 0 Å². The first-order valence-corrected chi connectivity index (χ1v) is 10.1. The van der Waals surface area contributed by atoms with Crippen LogP contribution >= 0.6 is 0 Å². The van der Waals surface area contributed by atoms with Gasteiger partial charge < -0.3 is 5.32 Å². The molecule has 1 amide bonds. The third kappa shape index (κ3) is 4.10. The zero-order valence-electron chi connectivity index (χ0n) is 15.8. The summed E-state index contributed by atoms with van der Waals surface area (Å²) < 4.78 is 27.9. The molecular weight excluding hydrogens is 378 g/mol. The first-order valence-electron chi connectivity index (χ1n) is 8.63. The zero-order chi connectivity index (χ0) is 20.3. The molecule has 3 aromatic rings. The van der Waals surface area contributed by atoms with Crippen molar-refractivity contribution in [2.24, 2.45) is 0 Å². The summed E-state index contributed by atoms with van der Waals surface area (Å²) in [6.45, 7) is 3.60. The van der Waals surface area contributed by atoms with Gasteiger partial charge in [-0.25, -0.2) is 18.1 Å². The summed E-state index contributed by atoms with van der Waals surface area (Å²) in [5.41, 5.74) is 1.80. The largest absolute Gasteiger partial charge is 0.322 e. The van der Waals surface area contributed by atoms with Crippen LogP contribution < -0.4 is 5.32 Å². The van der Waals surface area contributed by atoms with Gasteiger partial charge in [0.2, 0.25) is 10.0 Å². The average molecular weight is 399 g/mol. The molecule has 0 fully saturated rings. The Hall–Kier alpha value is -3.04. The van der Waals surface area contributed by atoms with E-state index in [9.17, 15) is 13.2 Å². The standard InChI is InChI=1S/C19H21N5O3S/c1-14(2)23(3)28(26,27)18-10-4-15(5-11-18)19(25)22-16-6-8-17(9-7-16)24-13-20-12-21-24/h4-14H,1-3H3,(H,22,25). The van der Waals surface area contributed by atoms with Crippen LogP contribution in [0.5, 0.6) is 0 Å². The van der Waals surface area contributed by atoms with E-state index >= 15 is 0 Å². The number of carbonyl (C=O) groups excluding carboxylic acids is 1. The van der Waals surface area contributed by atoms with Gasteiger partial charge in [-0.2, -0.15) is 9.40 Å². The molecule has 0 aliphatic carbocycles. The van der Waals surface area contributed by atoms with E-state index < -0.39 is 10.0 Å². The lowest BCUT2D eigenvalue weighted by atomic mass is 10.2. The summed E-state index contributed by atoms with van der Waals surface area (Å²) in [4.78, 5) is 16.5. The van der Waals surface area contributed by atoms with Gasteiger partial charge in [-0.05, 0) is 62.4 Å². The number of hydrogen-bond acceptors (Lipinski definition) is 5. The van der Waals surface area contributed by atoms with E-state index in [1.54, 1.807) is 37.0 Å². The number of amides is 1. The van der Waals surface area contributed by atoms with Gasteiger partial charge in [0.05, 0.1) is 10.6 Å². The van der Waals surface area contributed by atoms with E-state index in [0.717, 1.165) is 5.69 Å². The smallest absolute Gasteiger partial charge is 0.255 e. The Morgan fingerprint density at radius 2 is 1.71 bits per heavy atom. The highest BCUT2D eigenvalue weighted by Crippen LogP contribution is 2.18. The number of nitrogens with one attached hydrogen (secondary N) is 1. The van der Waals surface area contributed by atoms with Gasteiger partial charge in [-0.15, -0.1) is 0 Å². The molecular formula is C19H21N5O3S. The van der Waals surface area contributed by atoms with Crippen LogP contribution in [-0.4, -0.2) is 46.5 Å². The number of nitrogens with zero attached hydrogens (tertiary/aromatic N) is 4. The summed E-state index contributed by atoms with van der Waals surface area (Å²) in [6.07, 6.45) is 3.03. The second-order valence-corrected chi connectivity index (χ2v) is 8.48. The topological polar surface area (TPSA) is 97.2 Å². The summed E-state index contributed by atoms with van der Waals surface area (Å²) >= 11 is 0. The monoisotopic (exact) mass is 399 g/mol. The van der Waals surface area contributed by atoms with Crippen molar-refractivity contribution in [1.82, 2.24) is 19.1 Å². The summed E-state index contributed by atoms with van der Waals surface area (Å²) in [5.74, 6) is -0.324. The number of hydrogen-bond donors (Lipinski definition) is 1. The van der Waals surface area contributed by atoms with E-state index in [2.05, 4.69) is 15.4 Å². The number of benzene rings is 2. The number of anilines is 1. The van der Waals surface area contributed by atoms with Crippen LogP contribution in [-0.2, 0) is 10.0 Å². The van der Waals surface area contributed by atoms with Crippen LogP contribution in [0.15, 0.2) is 66.1 Å². The number of aromatic nitrogens is 3. The lowest BCUT2D eigenvalue weighted by molar-refractivity contribution is 0.102. The second-order valence-electron chi connectivity index (χ2n) is 6.48. The number of carbonyl (C=O) groups is 1. The SMILES string of the molecule is CC(C)N(C)S(=O)(=O)c1ccc(C(=O)Nc2ccc(-n3cncn3)cc2)cc1. The van der Waals surface area contributed by atoms with Crippen molar-refractivity contribution >= 4 is 21.6 Å². The molecule has 1 heterocycles. The van der Waals surface area contributed by atoms with Gasteiger partial charge in [0, 0.05) is 24.3 Å². The molecule has 0 aliphatic heterocycles. The van der Waals surface area contributed by atoms with Gasteiger partial charge in [0.1, 0.15) is 12.7 Å². The van der Waals surface area contributed by atoms with E-state index in [1.807, 2.05) is 12.1 Å². The number of sulfonamides is 1. The predicted molar refractivity (Wildman–Crippen MR) is 106 cm³/mol. The first-order chi connectivity index (χ1) is 13.3. The molecule has 0 saturated carbocycles. The molecule has 8 nitrogen and oxygen atoms in total. The molecule has 1 N–H and O–H groups in total. The lowest BCUT2D eigenvalue weighted by Crippen LogP contribution is -2.33. The Morgan fingerprint density at radius 1 is 1.07 bits per heavy atom. The van der Waals surface area contributed by atoms with Gasteiger partial charge in [0.15, 0.2) is 0 Å². The molecule has 2 aromatic carbocycles. The van der Waals surface area contributed by atoms with Crippen LogP contribution in [0.3, 0.4) is 0 Å². The fourth-order valence-electron chi connectivity index (χ4n) is 2.46. The van der Waals surface area contributed by atoms with Crippen molar-refractivity contribution in [2.45, 2.75) is 24.8 Å². The van der Waals surface area contributed by atoms with Crippen molar-refractivity contribution in [3.63, 3.8) is 0 Å². The highest BCUT2D eigenvalue weighted by molar-refractivity contribution is 7.89. The zero-order valence-corrected chi connectivity index (χ0v) is 16.6. The minimum Gasteiger partial charge on any atom is -0.322 e. The molecule has 3 rings (SSSR count). The molecule has 0 radical (unpaired) electrons. The molecule has 0 saturated heterocycles. The Balaban J connectivity index is 1.71. The van der Waals surface area contributed by atoms with E-state index in [1.165, 1.54) is 41.9 Å². The van der Waals surface area contributed by atoms with Crippen molar-refractivity contribution in [2.75, 3.05) is 12.4 Å². The summed E-state index contributed by atoms with van der Waals surface area (Å²) in [5, 5.41) is 6.83. The molecule has 1 aromatic heterocycles. The highest BCUT2D eigenvalue weighted by Gasteiger charge is 2.23. The average Bonchev–Trinajstić information content (AvgIpc) is 3.22. The van der Waals surface area contributed by atoms with Crippen molar-refractivity contribution in [3.05, 3.63) is 66.7 Å². The third-order valence-electron chi connectivity index (χ3n) is 4.33. The molecule has 146 valence electrons. The van der Waals surface area contributed by atoms with Crippen LogP contribution in [0.4, 0.5) is 5.69 Å². The Kier molecular flexibility index (Phi) is 5.57. The highest BCUT2D eigenvalue weighted by atomic mass is 32.2. The first kappa shape index (κ1) is 19.7. The van der Waals surface area contributed by atoms with E-state index in [0.29, 0.717) is 11.3 Å². The molecule has 0 spiro atoms. The predicted octanol–water partition coefficient (Wildman–Crippen LogP) is 2.55. The Bertz CT molecular complexity index is 1040. The fraction of sp³-hybridized carbons (Fsp3) is 0.211. The summed E-state index contributed by atoms with van der Waals surface area (Å²) in [7, 11) is -2.05. The molecule has 0 bridgehead atoms. The van der Waals surface area contributed by atoms with Crippen molar-refractivity contribution < 1.29 is 13.2 Å².